The van der Waals surface area contributed by atoms with Gasteiger partial charge >= 0.3 is 0 Å². The number of hydrogen-bond donors (Lipinski definition) is 1. The molecule has 2 unspecified atom stereocenters. The van der Waals surface area contributed by atoms with E-state index in [1.807, 2.05) is 36.4 Å². The first-order valence-electron chi connectivity index (χ1n) is 8.95. The zero-order valence-corrected chi connectivity index (χ0v) is 17.8. The SMILES string of the molecule is COC1(Cn2nnc(-c3ccccc3Nc3ccc(C(F)(P)P)cc3)n2)CC1. The molecular formula is C19H22FN5OP2. The minimum atomic E-state index is -1.53. The quantitative estimate of drug-likeness (QED) is 0.587. The monoisotopic (exact) mass is 417 g/mol. The van der Waals surface area contributed by atoms with Crippen molar-refractivity contribution < 1.29 is 9.13 Å². The molecule has 0 amide bonds. The number of anilines is 2. The highest BCUT2D eigenvalue weighted by Crippen LogP contribution is 2.41. The predicted octanol–water partition coefficient (Wildman–Crippen LogP) is 4.09. The Morgan fingerprint density at radius 2 is 1.89 bits per heavy atom. The van der Waals surface area contributed by atoms with Gasteiger partial charge in [0.1, 0.15) is 0 Å². The number of alkyl halides is 1. The van der Waals surface area contributed by atoms with Crippen LogP contribution in [-0.2, 0) is 16.4 Å². The number of aromatic nitrogens is 4. The van der Waals surface area contributed by atoms with Gasteiger partial charge in [0.05, 0.1) is 12.1 Å². The lowest BCUT2D eigenvalue weighted by molar-refractivity contribution is 0.0578. The smallest absolute Gasteiger partial charge is 0.207 e. The summed E-state index contributed by atoms with van der Waals surface area (Å²) in [6, 6.07) is 14.9. The van der Waals surface area contributed by atoms with Crippen molar-refractivity contribution in [1.29, 1.82) is 0 Å². The van der Waals surface area contributed by atoms with Gasteiger partial charge in [-0.2, -0.15) is 4.80 Å². The van der Waals surface area contributed by atoms with Gasteiger partial charge in [-0.3, -0.25) is 0 Å². The van der Waals surface area contributed by atoms with Crippen LogP contribution < -0.4 is 5.32 Å². The fourth-order valence-electron chi connectivity index (χ4n) is 2.99. The minimum Gasteiger partial charge on any atom is -0.376 e. The van der Waals surface area contributed by atoms with Crippen LogP contribution >= 0.6 is 18.5 Å². The fraction of sp³-hybridized carbons (Fsp3) is 0.316. The summed E-state index contributed by atoms with van der Waals surface area (Å²) >= 11 is 0. The number of nitrogens with one attached hydrogen (secondary N) is 1. The van der Waals surface area contributed by atoms with Crippen LogP contribution in [0.4, 0.5) is 15.8 Å². The molecule has 0 saturated heterocycles. The van der Waals surface area contributed by atoms with Crippen molar-refractivity contribution in [1.82, 2.24) is 20.2 Å². The normalized spacial score (nSPS) is 15.4. The number of para-hydroxylation sites is 1. The lowest BCUT2D eigenvalue weighted by Gasteiger charge is -2.15. The lowest BCUT2D eigenvalue weighted by atomic mass is 10.1. The Balaban J connectivity index is 1.55. The molecule has 0 aliphatic heterocycles. The van der Waals surface area contributed by atoms with Gasteiger partial charge in [-0.05, 0) is 47.9 Å². The average molecular weight is 417 g/mol. The van der Waals surface area contributed by atoms with Crippen LogP contribution in [0.25, 0.3) is 11.4 Å². The van der Waals surface area contributed by atoms with E-state index in [1.54, 1.807) is 24.0 Å². The molecule has 1 saturated carbocycles. The van der Waals surface area contributed by atoms with E-state index in [2.05, 4.69) is 39.2 Å². The fourth-order valence-corrected chi connectivity index (χ4v) is 3.38. The Labute approximate surface area is 167 Å². The first-order valence-corrected chi connectivity index (χ1v) is 10.1. The summed E-state index contributed by atoms with van der Waals surface area (Å²) in [7, 11) is 6.06. The van der Waals surface area contributed by atoms with E-state index in [9.17, 15) is 4.39 Å². The highest BCUT2D eigenvalue weighted by molar-refractivity contribution is 7.38. The van der Waals surface area contributed by atoms with Crippen molar-refractivity contribution in [2.75, 3.05) is 12.4 Å². The minimum absolute atomic E-state index is 0.141. The number of hydrogen-bond acceptors (Lipinski definition) is 5. The number of rotatable bonds is 7. The maximum Gasteiger partial charge on any atom is 0.207 e. The lowest BCUT2D eigenvalue weighted by Crippen LogP contribution is -2.21. The molecule has 0 radical (unpaired) electrons. The third-order valence-electron chi connectivity index (χ3n) is 4.90. The Morgan fingerprint density at radius 3 is 2.54 bits per heavy atom. The largest absolute Gasteiger partial charge is 0.376 e. The third-order valence-corrected chi connectivity index (χ3v) is 5.56. The van der Waals surface area contributed by atoms with Gasteiger partial charge in [0, 0.05) is 24.0 Å². The molecule has 3 aromatic rings. The highest BCUT2D eigenvalue weighted by Gasteiger charge is 2.44. The van der Waals surface area contributed by atoms with Crippen LogP contribution in [0.1, 0.15) is 18.4 Å². The summed E-state index contributed by atoms with van der Waals surface area (Å²) in [5.74, 6) is 0.546. The first-order chi connectivity index (χ1) is 13.4. The van der Waals surface area contributed by atoms with Gasteiger partial charge in [0.25, 0.3) is 0 Å². The maximum absolute atomic E-state index is 14.0. The summed E-state index contributed by atoms with van der Waals surface area (Å²) in [6.07, 6.45) is 2.03. The van der Waals surface area contributed by atoms with E-state index in [-0.39, 0.29) is 5.60 Å². The molecule has 28 heavy (non-hydrogen) atoms. The standard InChI is InChI=1S/C19H22FN5OP2/c1-26-18(10-11-18)12-25-23-17(22-24-25)15-4-2-3-5-16(15)21-14-8-6-13(7-9-14)19(20,27)28/h2-9,21H,10-12,27-28H2,1H3. The Morgan fingerprint density at radius 1 is 1.18 bits per heavy atom. The molecule has 0 bridgehead atoms. The molecule has 2 atom stereocenters. The Kier molecular flexibility index (Phi) is 5.17. The number of nitrogens with zero attached hydrogens (tertiary/aromatic N) is 4. The number of methoxy groups -OCH3 is 1. The van der Waals surface area contributed by atoms with Gasteiger partial charge in [0.2, 0.25) is 5.82 Å². The Bertz CT molecular complexity index is 967. The number of ether oxygens (including phenoxy) is 1. The van der Waals surface area contributed by atoms with Gasteiger partial charge in [-0.25, -0.2) is 4.39 Å². The zero-order valence-electron chi connectivity index (χ0n) is 15.5. The third kappa shape index (κ3) is 4.22. The molecule has 2 aromatic carbocycles. The van der Waals surface area contributed by atoms with Crippen molar-refractivity contribution in [3.63, 3.8) is 0 Å². The van der Waals surface area contributed by atoms with Gasteiger partial charge in [-0.15, -0.1) is 10.2 Å². The summed E-state index contributed by atoms with van der Waals surface area (Å²) in [6.45, 7) is 0.600. The second-order valence-electron chi connectivity index (χ2n) is 7.05. The number of benzene rings is 2. The molecule has 1 aliphatic rings. The second-order valence-corrected chi connectivity index (χ2v) is 9.39. The average Bonchev–Trinajstić information content (AvgIpc) is 3.30. The van der Waals surface area contributed by atoms with Gasteiger partial charge < -0.3 is 10.1 Å². The molecular weight excluding hydrogens is 395 g/mol. The molecule has 1 heterocycles. The van der Waals surface area contributed by atoms with Crippen LogP contribution in [0.2, 0.25) is 0 Å². The maximum atomic E-state index is 14.0. The van der Waals surface area contributed by atoms with Crippen LogP contribution in [-0.4, -0.2) is 32.9 Å². The Hall–Kier alpha value is -1.94. The van der Waals surface area contributed by atoms with Crippen molar-refractivity contribution in [3.8, 4) is 11.4 Å². The molecule has 1 fully saturated rings. The van der Waals surface area contributed by atoms with E-state index >= 15 is 0 Å². The van der Waals surface area contributed by atoms with E-state index in [0.717, 1.165) is 29.8 Å². The summed E-state index contributed by atoms with van der Waals surface area (Å²) < 4.78 is 19.5. The van der Waals surface area contributed by atoms with Crippen molar-refractivity contribution in [2.45, 2.75) is 30.1 Å². The first kappa shape index (κ1) is 19.4. The van der Waals surface area contributed by atoms with Crippen LogP contribution in [0, 0.1) is 0 Å². The van der Waals surface area contributed by atoms with E-state index in [1.165, 1.54) is 0 Å². The molecule has 9 heteroatoms. The number of halogens is 1. The summed E-state index contributed by atoms with van der Waals surface area (Å²) in [4.78, 5) is 1.59. The van der Waals surface area contributed by atoms with Gasteiger partial charge in [-0.1, -0.05) is 42.7 Å². The molecule has 1 aromatic heterocycles. The summed E-state index contributed by atoms with van der Waals surface area (Å²) in [5.41, 5.74) is 2.97. The van der Waals surface area contributed by atoms with E-state index < -0.39 is 5.15 Å². The van der Waals surface area contributed by atoms with E-state index in [4.69, 9.17) is 4.74 Å². The molecule has 4 rings (SSSR count). The number of tetrazole rings is 1. The second kappa shape index (κ2) is 7.47. The van der Waals surface area contributed by atoms with Gasteiger partial charge in [0.15, 0.2) is 5.15 Å². The topological polar surface area (TPSA) is 64.9 Å². The van der Waals surface area contributed by atoms with E-state index in [0.29, 0.717) is 17.9 Å². The predicted molar refractivity (Wildman–Crippen MR) is 114 cm³/mol. The summed E-state index contributed by atoms with van der Waals surface area (Å²) in [5, 5.41) is 14.7. The molecule has 0 spiro atoms. The molecule has 146 valence electrons. The molecule has 1 N–H and O–H groups in total. The molecule has 6 nitrogen and oxygen atoms in total. The van der Waals surface area contributed by atoms with Crippen LogP contribution in [0.15, 0.2) is 48.5 Å². The highest BCUT2D eigenvalue weighted by atomic mass is 31.1. The molecule has 1 aliphatic carbocycles. The zero-order chi connectivity index (χ0) is 19.8. The van der Waals surface area contributed by atoms with Crippen molar-refractivity contribution >= 4 is 29.9 Å². The van der Waals surface area contributed by atoms with Crippen molar-refractivity contribution in [2.24, 2.45) is 0 Å². The van der Waals surface area contributed by atoms with Crippen LogP contribution in [0.3, 0.4) is 0 Å². The van der Waals surface area contributed by atoms with Crippen molar-refractivity contribution in [3.05, 3.63) is 54.1 Å². The van der Waals surface area contributed by atoms with Crippen LogP contribution in [0.5, 0.6) is 0 Å².